The molecule has 92 valence electrons. The van der Waals surface area contributed by atoms with E-state index in [-0.39, 0.29) is 0 Å². The number of hydrogen-bond acceptors (Lipinski definition) is 2. The predicted molar refractivity (Wildman–Crippen MR) is 66.4 cm³/mol. The number of rotatable bonds is 3. The van der Waals surface area contributed by atoms with Crippen LogP contribution in [0, 0.1) is 11.8 Å². The molecule has 0 aromatic rings. The van der Waals surface area contributed by atoms with Crippen LogP contribution in [0.4, 0.5) is 0 Å². The molecular weight excluding hydrogens is 198 g/mol. The highest BCUT2D eigenvalue weighted by atomic mass is 16.1. The first-order chi connectivity index (χ1) is 7.58. The largest absolute Gasteiger partial charge is 0.300 e. The molecule has 2 heterocycles. The molecule has 0 radical (unpaired) electrons. The van der Waals surface area contributed by atoms with Gasteiger partial charge in [0.05, 0.1) is 0 Å². The zero-order chi connectivity index (χ0) is 11.7. The maximum atomic E-state index is 11.6. The maximum Gasteiger partial charge on any atom is 0.136 e. The SMILES string of the molecule is CC(C)C(C)CN1C2CCCC1CC(=O)C2. The number of carbonyl (C=O) groups excluding carboxylic acids is 1. The first kappa shape index (κ1) is 12.1. The quantitative estimate of drug-likeness (QED) is 0.733. The van der Waals surface area contributed by atoms with Gasteiger partial charge in [-0.1, -0.05) is 27.2 Å². The third-order valence-electron chi connectivity index (χ3n) is 4.58. The molecule has 2 heteroatoms. The minimum absolute atomic E-state index is 0.503. The summed E-state index contributed by atoms with van der Waals surface area (Å²) in [5.74, 6) is 2.00. The molecule has 2 fully saturated rings. The van der Waals surface area contributed by atoms with Crippen molar-refractivity contribution < 1.29 is 4.79 Å². The second-order valence-electron chi connectivity index (χ2n) is 6.10. The van der Waals surface area contributed by atoms with Gasteiger partial charge < -0.3 is 0 Å². The third kappa shape index (κ3) is 2.48. The highest BCUT2D eigenvalue weighted by Gasteiger charge is 2.37. The lowest BCUT2D eigenvalue weighted by Gasteiger charge is -2.47. The second-order valence-corrected chi connectivity index (χ2v) is 6.10. The Morgan fingerprint density at radius 1 is 1.19 bits per heavy atom. The van der Waals surface area contributed by atoms with E-state index in [1.165, 1.54) is 25.8 Å². The number of nitrogens with zero attached hydrogens (tertiary/aromatic N) is 1. The van der Waals surface area contributed by atoms with Crippen LogP contribution in [-0.4, -0.2) is 29.3 Å². The summed E-state index contributed by atoms with van der Waals surface area (Å²) in [5, 5.41) is 0. The van der Waals surface area contributed by atoms with E-state index in [0.717, 1.165) is 24.7 Å². The molecule has 3 atom stereocenters. The molecule has 2 nitrogen and oxygen atoms in total. The van der Waals surface area contributed by atoms with Gasteiger partial charge in [0.1, 0.15) is 5.78 Å². The van der Waals surface area contributed by atoms with E-state index in [1.807, 2.05) is 0 Å². The Labute approximate surface area is 99.4 Å². The molecule has 2 aliphatic heterocycles. The van der Waals surface area contributed by atoms with Crippen LogP contribution < -0.4 is 0 Å². The van der Waals surface area contributed by atoms with Crippen LogP contribution in [0.2, 0.25) is 0 Å². The number of Topliss-reactive ketones (excluding diaryl/α,β-unsaturated/α-hetero) is 1. The van der Waals surface area contributed by atoms with Gasteiger partial charge in [-0.3, -0.25) is 9.69 Å². The molecule has 0 spiro atoms. The van der Waals surface area contributed by atoms with Crippen molar-refractivity contribution in [1.82, 2.24) is 4.90 Å². The predicted octanol–water partition coefficient (Wildman–Crippen LogP) is 2.86. The average Bonchev–Trinajstić information content (AvgIpc) is 2.19. The average molecular weight is 223 g/mol. The number of ketones is 1. The highest BCUT2D eigenvalue weighted by molar-refractivity contribution is 5.80. The zero-order valence-electron chi connectivity index (χ0n) is 10.9. The first-order valence-electron chi connectivity index (χ1n) is 6.85. The topological polar surface area (TPSA) is 20.3 Å². The summed E-state index contributed by atoms with van der Waals surface area (Å²) in [5.41, 5.74) is 0. The monoisotopic (exact) mass is 223 g/mol. The summed E-state index contributed by atoms with van der Waals surface area (Å²) in [6.07, 6.45) is 5.46. The van der Waals surface area contributed by atoms with E-state index < -0.39 is 0 Å². The van der Waals surface area contributed by atoms with Crippen molar-refractivity contribution in [3.63, 3.8) is 0 Å². The molecule has 16 heavy (non-hydrogen) atoms. The molecule has 0 aliphatic carbocycles. The molecule has 0 aromatic heterocycles. The Morgan fingerprint density at radius 3 is 2.25 bits per heavy atom. The number of piperidine rings is 2. The van der Waals surface area contributed by atoms with Crippen molar-refractivity contribution >= 4 is 5.78 Å². The molecule has 2 aliphatic rings. The molecular formula is C14H25NO. The Bertz CT molecular complexity index is 245. The number of carbonyl (C=O) groups is 1. The fourth-order valence-electron chi connectivity index (χ4n) is 3.11. The van der Waals surface area contributed by atoms with Crippen LogP contribution in [0.3, 0.4) is 0 Å². The smallest absolute Gasteiger partial charge is 0.136 e. The lowest BCUT2D eigenvalue weighted by molar-refractivity contribution is -0.127. The van der Waals surface area contributed by atoms with Crippen LogP contribution in [-0.2, 0) is 4.79 Å². The van der Waals surface area contributed by atoms with E-state index in [4.69, 9.17) is 0 Å². The summed E-state index contributed by atoms with van der Waals surface area (Å²) >= 11 is 0. The fourth-order valence-corrected chi connectivity index (χ4v) is 3.11. The van der Waals surface area contributed by atoms with Gasteiger partial charge >= 0.3 is 0 Å². The normalized spacial score (nSPS) is 33.1. The first-order valence-corrected chi connectivity index (χ1v) is 6.85. The minimum atomic E-state index is 0.503. The third-order valence-corrected chi connectivity index (χ3v) is 4.58. The Balaban J connectivity index is 2.00. The van der Waals surface area contributed by atoms with Crippen molar-refractivity contribution in [2.75, 3.05) is 6.54 Å². The molecule has 2 bridgehead atoms. The molecule has 0 saturated carbocycles. The van der Waals surface area contributed by atoms with E-state index in [1.54, 1.807) is 0 Å². The molecule has 0 aromatic carbocycles. The van der Waals surface area contributed by atoms with Gasteiger partial charge in [0.25, 0.3) is 0 Å². The van der Waals surface area contributed by atoms with Gasteiger partial charge in [-0.15, -0.1) is 0 Å². The summed E-state index contributed by atoms with van der Waals surface area (Å²) in [7, 11) is 0. The van der Waals surface area contributed by atoms with Gasteiger partial charge in [0.2, 0.25) is 0 Å². The van der Waals surface area contributed by atoms with E-state index in [2.05, 4.69) is 25.7 Å². The zero-order valence-corrected chi connectivity index (χ0v) is 10.9. The second kappa shape index (κ2) is 4.87. The summed E-state index contributed by atoms with van der Waals surface area (Å²) in [6, 6.07) is 1.14. The Hall–Kier alpha value is -0.370. The van der Waals surface area contributed by atoms with Crippen molar-refractivity contribution in [2.24, 2.45) is 11.8 Å². The maximum absolute atomic E-state index is 11.6. The van der Waals surface area contributed by atoms with E-state index in [9.17, 15) is 4.79 Å². The van der Waals surface area contributed by atoms with Gasteiger partial charge in [-0.25, -0.2) is 0 Å². The van der Waals surface area contributed by atoms with Gasteiger partial charge in [-0.05, 0) is 24.7 Å². The Kier molecular flexibility index (Phi) is 3.68. The van der Waals surface area contributed by atoms with Gasteiger partial charge in [0.15, 0.2) is 0 Å². The van der Waals surface area contributed by atoms with Crippen LogP contribution in [0.1, 0.15) is 52.9 Å². The number of hydrogen-bond donors (Lipinski definition) is 0. The van der Waals surface area contributed by atoms with Crippen LogP contribution >= 0.6 is 0 Å². The van der Waals surface area contributed by atoms with Crippen molar-refractivity contribution in [3.8, 4) is 0 Å². The van der Waals surface area contributed by atoms with Crippen LogP contribution in [0.5, 0.6) is 0 Å². The van der Waals surface area contributed by atoms with Crippen LogP contribution in [0.15, 0.2) is 0 Å². The van der Waals surface area contributed by atoms with Crippen molar-refractivity contribution in [1.29, 1.82) is 0 Å². The molecule has 2 rings (SSSR count). The lowest BCUT2D eigenvalue weighted by atomic mass is 9.82. The van der Waals surface area contributed by atoms with Crippen molar-refractivity contribution in [2.45, 2.75) is 65.0 Å². The van der Waals surface area contributed by atoms with Crippen molar-refractivity contribution in [3.05, 3.63) is 0 Å². The molecule has 0 amide bonds. The molecule has 0 N–H and O–H groups in total. The fraction of sp³-hybridized carbons (Fsp3) is 0.929. The summed E-state index contributed by atoms with van der Waals surface area (Å²) in [6.45, 7) is 8.14. The van der Waals surface area contributed by atoms with Gasteiger partial charge in [-0.2, -0.15) is 0 Å². The minimum Gasteiger partial charge on any atom is -0.300 e. The van der Waals surface area contributed by atoms with E-state index >= 15 is 0 Å². The highest BCUT2D eigenvalue weighted by Crippen LogP contribution is 2.33. The van der Waals surface area contributed by atoms with Gasteiger partial charge in [0, 0.05) is 31.5 Å². The standard InChI is InChI=1S/C14H25NO/c1-10(2)11(3)9-15-12-5-4-6-13(15)8-14(16)7-12/h10-13H,4-9H2,1-3H3. The molecule has 3 unspecified atom stereocenters. The lowest BCUT2D eigenvalue weighted by Crippen LogP contribution is -2.53. The molecule has 2 saturated heterocycles. The van der Waals surface area contributed by atoms with Crippen LogP contribution in [0.25, 0.3) is 0 Å². The summed E-state index contributed by atoms with van der Waals surface area (Å²) < 4.78 is 0. The Morgan fingerprint density at radius 2 is 1.75 bits per heavy atom. The number of fused-ring (bicyclic) bond motifs is 2. The summed E-state index contributed by atoms with van der Waals surface area (Å²) in [4.78, 5) is 14.3. The van der Waals surface area contributed by atoms with E-state index in [0.29, 0.717) is 17.9 Å².